The highest BCUT2D eigenvalue weighted by atomic mass is 127. The fraction of sp³-hybridized carbons (Fsp3) is 0.182. The van der Waals surface area contributed by atoms with Gasteiger partial charge in [-0.25, -0.2) is 0 Å². The first-order chi connectivity index (χ1) is 8.72. The van der Waals surface area contributed by atoms with Gasteiger partial charge in [0.25, 0.3) is 0 Å². The molecule has 0 aliphatic heterocycles. The van der Waals surface area contributed by atoms with Crippen LogP contribution in [0.4, 0.5) is 17.6 Å². The molecule has 0 aliphatic carbocycles. The second kappa shape index (κ2) is 5.80. The van der Waals surface area contributed by atoms with Crippen LogP contribution in [0.3, 0.4) is 0 Å². The summed E-state index contributed by atoms with van der Waals surface area (Å²) in [5, 5.41) is 5.99. The monoisotopic (exact) mass is 357 g/mol. The van der Waals surface area contributed by atoms with E-state index in [9.17, 15) is 0 Å². The molecule has 2 aromatic rings. The maximum atomic E-state index is 5.02. The molecule has 0 saturated carbocycles. The first-order valence-corrected chi connectivity index (χ1v) is 6.30. The maximum Gasteiger partial charge on any atom is 0.322 e. The van der Waals surface area contributed by atoms with Crippen LogP contribution in [0, 0.1) is 3.57 Å². The van der Waals surface area contributed by atoms with Crippen molar-refractivity contribution in [2.24, 2.45) is 0 Å². The molecule has 0 unspecified atom stereocenters. The molecule has 18 heavy (non-hydrogen) atoms. The van der Waals surface area contributed by atoms with E-state index >= 15 is 0 Å². The number of hydrogen-bond acceptors (Lipinski definition) is 6. The van der Waals surface area contributed by atoms with E-state index in [0.29, 0.717) is 11.9 Å². The second-order valence-electron chi connectivity index (χ2n) is 3.32. The van der Waals surface area contributed by atoms with Crippen LogP contribution in [0.25, 0.3) is 0 Å². The zero-order chi connectivity index (χ0) is 13.0. The third-order valence-corrected chi connectivity index (χ3v) is 3.08. The smallest absolute Gasteiger partial charge is 0.322 e. The average molecular weight is 357 g/mol. The molecule has 0 saturated heterocycles. The van der Waals surface area contributed by atoms with Gasteiger partial charge >= 0.3 is 6.01 Å². The molecule has 1 heterocycles. The molecule has 1 aromatic heterocycles. The van der Waals surface area contributed by atoms with Crippen LogP contribution in [0.15, 0.2) is 24.3 Å². The zero-order valence-corrected chi connectivity index (χ0v) is 12.1. The lowest BCUT2D eigenvalue weighted by Crippen LogP contribution is -2.05. The number of methoxy groups -OCH3 is 1. The third kappa shape index (κ3) is 2.97. The van der Waals surface area contributed by atoms with Gasteiger partial charge in [0.15, 0.2) is 0 Å². The van der Waals surface area contributed by atoms with Gasteiger partial charge in [0.05, 0.1) is 12.8 Å². The van der Waals surface area contributed by atoms with Crippen LogP contribution in [0.5, 0.6) is 6.01 Å². The number of benzene rings is 1. The minimum absolute atomic E-state index is 0.266. The Balaban J connectivity index is 2.31. The molecule has 0 spiro atoms. The van der Waals surface area contributed by atoms with E-state index in [1.807, 2.05) is 24.3 Å². The van der Waals surface area contributed by atoms with Crippen molar-refractivity contribution in [1.29, 1.82) is 0 Å². The van der Waals surface area contributed by atoms with E-state index < -0.39 is 0 Å². The van der Waals surface area contributed by atoms with Gasteiger partial charge in [0, 0.05) is 10.6 Å². The molecule has 0 atom stereocenters. The normalized spacial score (nSPS) is 9.94. The standard InChI is InChI=1S/C11H12IN5O/c1-13-9-15-10(17-11(16-9)18-2)14-8-6-4-3-5-7(8)12/h3-6H,1-2H3,(H2,13,14,15,16,17). The van der Waals surface area contributed by atoms with Crippen molar-refractivity contribution in [3.05, 3.63) is 27.8 Å². The molecule has 0 bridgehead atoms. The molecule has 1 aromatic carbocycles. The lowest BCUT2D eigenvalue weighted by molar-refractivity contribution is 0.379. The molecule has 7 heteroatoms. The van der Waals surface area contributed by atoms with E-state index in [2.05, 4.69) is 48.2 Å². The van der Waals surface area contributed by atoms with Crippen LogP contribution >= 0.6 is 22.6 Å². The summed E-state index contributed by atoms with van der Waals surface area (Å²) in [6.45, 7) is 0. The summed E-state index contributed by atoms with van der Waals surface area (Å²) in [5.74, 6) is 0.894. The molecule has 2 N–H and O–H groups in total. The van der Waals surface area contributed by atoms with Gasteiger partial charge in [-0.05, 0) is 34.7 Å². The highest BCUT2D eigenvalue weighted by molar-refractivity contribution is 14.1. The Labute approximate surface area is 118 Å². The van der Waals surface area contributed by atoms with Gasteiger partial charge in [0.2, 0.25) is 11.9 Å². The zero-order valence-electron chi connectivity index (χ0n) is 9.94. The highest BCUT2D eigenvalue weighted by Gasteiger charge is 2.07. The molecule has 6 nitrogen and oxygen atoms in total. The maximum absolute atomic E-state index is 5.02. The van der Waals surface area contributed by atoms with Crippen molar-refractivity contribution in [2.45, 2.75) is 0 Å². The lowest BCUT2D eigenvalue weighted by atomic mass is 10.3. The summed E-state index contributed by atoms with van der Waals surface area (Å²) in [5.41, 5.74) is 0.938. The SMILES string of the molecule is CNc1nc(Nc2ccccc2I)nc(OC)n1. The van der Waals surface area contributed by atoms with Crippen molar-refractivity contribution in [2.75, 3.05) is 24.8 Å². The number of halogens is 1. The fourth-order valence-corrected chi connectivity index (χ4v) is 1.82. The number of ether oxygens (including phenoxy) is 1. The Hall–Kier alpha value is -1.64. The van der Waals surface area contributed by atoms with Gasteiger partial charge in [0.1, 0.15) is 0 Å². The average Bonchev–Trinajstić information content (AvgIpc) is 2.41. The number of aromatic nitrogens is 3. The summed E-state index contributed by atoms with van der Waals surface area (Å²) < 4.78 is 6.10. The van der Waals surface area contributed by atoms with Crippen molar-refractivity contribution in [1.82, 2.24) is 15.0 Å². The second-order valence-corrected chi connectivity index (χ2v) is 4.49. The number of nitrogens with zero attached hydrogens (tertiary/aromatic N) is 3. The molecule has 0 amide bonds. The van der Waals surface area contributed by atoms with E-state index in [1.165, 1.54) is 7.11 Å². The molecule has 2 rings (SSSR count). The van der Waals surface area contributed by atoms with Crippen LogP contribution in [0.2, 0.25) is 0 Å². The van der Waals surface area contributed by atoms with Crippen molar-refractivity contribution >= 4 is 40.2 Å². The fourth-order valence-electron chi connectivity index (χ4n) is 1.30. The Kier molecular flexibility index (Phi) is 4.13. The topological polar surface area (TPSA) is 72.0 Å². The molecular formula is C11H12IN5O. The van der Waals surface area contributed by atoms with E-state index in [0.717, 1.165) is 9.26 Å². The van der Waals surface area contributed by atoms with Crippen molar-refractivity contribution in [3.8, 4) is 6.01 Å². The van der Waals surface area contributed by atoms with E-state index in [1.54, 1.807) is 7.05 Å². The number of hydrogen-bond donors (Lipinski definition) is 2. The van der Waals surface area contributed by atoms with E-state index in [4.69, 9.17) is 4.74 Å². The first-order valence-electron chi connectivity index (χ1n) is 5.22. The first kappa shape index (κ1) is 12.8. The van der Waals surface area contributed by atoms with Crippen LogP contribution in [-0.4, -0.2) is 29.1 Å². The summed E-state index contributed by atoms with van der Waals surface area (Å²) in [4.78, 5) is 12.4. The van der Waals surface area contributed by atoms with Gasteiger partial charge < -0.3 is 15.4 Å². The van der Waals surface area contributed by atoms with Crippen LogP contribution in [-0.2, 0) is 0 Å². The van der Waals surface area contributed by atoms with Gasteiger partial charge in [-0.2, -0.15) is 15.0 Å². The van der Waals surface area contributed by atoms with E-state index in [-0.39, 0.29) is 6.01 Å². The van der Waals surface area contributed by atoms with Crippen molar-refractivity contribution in [3.63, 3.8) is 0 Å². The minimum atomic E-state index is 0.266. The number of nitrogens with one attached hydrogen (secondary N) is 2. The Morgan fingerprint density at radius 2 is 1.83 bits per heavy atom. The van der Waals surface area contributed by atoms with Crippen LogP contribution in [0.1, 0.15) is 0 Å². The molecule has 0 radical (unpaired) electrons. The number of rotatable bonds is 4. The van der Waals surface area contributed by atoms with Gasteiger partial charge in [-0.1, -0.05) is 12.1 Å². The Bertz CT molecular complexity index is 526. The van der Waals surface area contributed by atoms with Crippen LogP contribution < -0.4 is 15.4 Å². The largest absolute Gasteiger partial charge is 0.467 e. The Morgan fingerprint density at radius 3 is 2.50 bits per heavy atom. The van der Waals surface area contributed by atoms with Gasteiger partial charge in [-0.3, -0.25) is 0 Å². The third-order valence-electron chi connectivity index (χ3n) is 2.14. The Morgan fingerprint density at radius 1 is 1.11 bits per heavy atom. The summed E-state index contributed by atoms with van der Waals surface area (Å²) >= 11 is 2.24. The molecular weight excluding hydrogens is 345 g/mol. The predicted octanol–water partition coefficient (Wildman–Crippen LogP) is 2.27. The lowest BCUT2D eigenvalue weighted by Gasteiger charge is -2.08. The predicted molar refractivity (Wildman–Crippen MR) is 78.4 cm³/mol. The summed E-state index contributed by atoms with van der Waals surface area (Å²) in [6.07, 6.45) is 0. The summed E-state index contributed by atoms with van der Waals surface area (Å²) in [6, 6.07) is 8.14. The molecule has 0 aliphatic rings. The molecule has 94 valence electrons. The minimum Gasteiger partial charge on any atom is -0.467 e. The van der Waals surface area contributed by atoms with Gasteiger partial charge in [-0.15, -0.1) is 0 Å². The number of para-hydroxylation sites is 1. The summed E-state index contributed by atoms with van der Waals surface area (Å²) in [7, 11) is 3.26. The molecule has 0 fully saturated rings. The number of anilines is 3. The highest BCUT2D eigenvalue weighted by Crippen LogP contribution is 2.21. The van der Waals surface area contributed by atoms with Crippen molar-refractivity contribution < 1.29 is 4.74 Å². The quantitative estimate of drug-likeness (QED) is 0.818.